The molecule has 1 aliphatic heterocycles. The molecule has 19 heavy (non-hydrogen) atoms. The zero-order valence-corrected chi connectivity index (χ0v) is 12.3. The van der Waals surface area contributed by atoms with Crippen LogP contribution in [0.5, 0.6) is 0 Å². The highest BCUT2D eigenvalue weighted by Gasteiger charge is 2.28. The van der Waals surface area contributed by atoms with Gasteiger partial charge in [-0.2, -0.15) is 0 Å². The zero-order chi connectivity index (χ0) is 14.2. The first-order valence-corrected chi connectivity index (χ1v) is 7.28. The van der Waals surface area contributed by atoms with E-state index in [1.54, 1.807) is 0 Å². The minimum absolute atomic E-state index is 0.0817. The number of rotatable bonds is 3. The minimum atomic E-state index is -0.448. The van der Waals surface area contributed by atoms with Crippen LogP contribution < -0.4 is 16.0 Å². The summed E-state index contributed by atoms with van der Waals surface area (Å²) in [6.45, 7) is 5.52. The van der Waals surface area contributed by atoms with Crippen LogP contribution >= 0.6 is 11.3 Å². The number of fused-ring (bicyclic) bond motifs is 1. The number of anilines is 1. The van der Waals surface area contributed by atoms with E-state index in [0.29, 0.717) is 10.6 Å². The third kappa shape index (κ3) is 2.79. The molecule has 2 rings (SSSR count). The highest BCUT2D eigenvalue weighted by atomic mass is 32.1. The van der Waals surface area contributed by atoms with Gasteiger partial charge in [-0.25, -0.2) is 0 Å². The van der Waals surface area contributed by atoms with Gasteiger partial charge in [0.05, 0.1) is 24.0 Å². The third-order valence-corrected chi connectivity index (χ3v) is 4.51. The van der Waals surface area contributed by atoms with E-state index in [0.717, 1.165) is 30.0 Å². The van der Waals surface area contributed by atoms with Crippen molar-refractivity contribution >= 4 is 28.2 Å². The largest absolute Gasteiger partial charge is 0.365 e. The molecule has 104 valence electrons. The first-order chi connectivity index (χ1) is 8.90. The van der Waals surface area contributed by atoms with Crippen molar-refractivity contribution in [2.24, 2.45) is 11.7 Å². The Hall–Kier alpha value is -1.40. The summed E-state index contributed by atoms with van der Waals surface area (Å²) in [6, 6.07) is 0. The standard InChI is InChI=1S/C13H19N3O2S/c1-7(2)12(18)15-13-10(11(14)17)8-4-5-16(3)6-9(8)19-13/h7H,4-6H2,1-3H3,(H2,14,17)(H,15,18)/p+1. The van der Waals surface area contributed by atoms with Crippen molar-refractivity contribution in [3.05, 3.63) is 16.0 Å². The van der Waals surface area contributed by atoms with Gasteiger partial charge < -0.3 is 16.0 Å². The molecule has 0 aliphatic carbocycles. The Labute approximate surface area is 116 Å². The van der Waals surface area contributed by atoms with Gasteiger partial charge in [0, 0.05) is 12.3 Å². The Kier molecular flexibility index (Phi) is 3.91. The van der Waals surface area contributed by atoms with Crippen molar-refractivity contribution in [1.29, 1.82) is 0 Å². The summed E-state index contributed by atoms with van der Waals surface area (Å²) >= 11 is 1.49. The molecule has 0 fully saturated rings. The monoisotopic (exact) mass is 282 g/mol. The maximum absolute atomic E-state index is 11.8. The number of nitrogens with one attached hydrogen (secondary N) is 2. The van der Waals surface area contributed by atoms with Crippen LogP contribution in [0.2, 0.25) is 0 Å². The van der Waals surface area contributed by atoms with E-state index in [9.17, 15) is 9.59 Å². The predicted molar refractivity (Wildman–Crippen MR) is 75.5 cm³/mol. The Bertz CT molecular complexity index is 522. The van der Waals surface area contributed by atoms with Gasteiger partial charge in [-0.15, -0.1) is 11.3 Å². The van der Waals surface area contributed by atoms with Crippen LogP contribution in [0, 0.1) is 5.92 Å². The van der Waals surface area contributed by atoms with Gasteiger partial charge >= 0.3 is 0 Å². The summed E-state index contributed by atoms with van der Waals surface area (Å²) in [4.78, 5) is 26.0. The molecule has 0 bridgehead atoms. The average Bonchev–Trinajstić information content (AvgIpc) is 2.65. The number of quaternary nitrogens is 1. The SMILES string of the molecule is CC(C)C(=O)Nc1sc2c(c1C(N)=O)CC[NH+](C)C2. The van der Waals surface area contributed by atoms with Gasteiger partial charge in [0.2, 0.25) is 5.91 Å². The molecule has 2 heterocycles. The molecule has 1 aromatic rings. The number of carbonyl (C=O) groups excluding carboxylic acids is 2. The first kappa shape index (κ1) is 14.0. The van der Waals surface area contributed by atoms with Gasteiger partial charge in [-0.3, -0.25) is 9.59 Å². The molecule has 1 atom stereocenters. The summed E-state index contributed by atoms with van der Waals surface area (Å²) in [7, 11) is 2.12. The molecular weight excluding hydrogens is 262 g/mol. The minimum Gasteiger partial charge on any atom is -0.365 e. The summed E-state index contributed by atoms with van der Waals surface area (Å²) in [5, 5.41) is 3.45. The molecule has 0 spiro atoms. The van der Waals surface area contributed by atoms with Crippen molar-refractivity contribution in [3.8, 4) is 0 Å². The van der Waals surface area contributed by atoms with E-state index < -0.39 is 5.91 Å². The number of hydrogen-bond acceptors (Lipinski definition) is 3. The van der Waals surface area contributed by atoms with Crippen molar-refractivity contribution in [2.45, 2.75) is 26.8 Å². The summed E-state index contributed by atoms with van der Waals surface area (Å²) < 4.78 is 0. The lowest BCUT2D eigenvalue weighted by atomic mass is 10.0. The Balaban J connectivity index is 2.38. The second-order valence-corrected chi connectivity index (χ2v) is 6.46. The van der Waals surface area contributed by atoms with E-state index in [-0.39, 0.29) is 11.8 Å². The maximum Gasteiger partial charge on any atom is 0.252 e. The molecule has 4 N–H and O–H groups in total. The molecule has 0 aromatic carbocycles. The van der Waals surface area contributed by atoms with E-state index in [4.69, 9.17) is 5.73 Å². The molecule has 5 nitrogen and oxygen atoms in total. The lowest BCUT2D eigenvalue weighted by Crippen LogP contribution is -3.08. The van der Waals surface area contributed by atoms with E-state index in [2.05, 4.69) is 12.4 Å². The van der Waals surface area contributed by atoms with Gasteiger partial charge in [0.1, 0.15) is 11.5 Å². The number of nitrogens with two attached hydrogens (primary N) is 1. The van der Waals surface area contributed by atoms with Crippen LogP contribution in [0.15, 0.2) is 0 Å². The molecule has 6 heteroatoms. The maximum atomic E-state index is 11.8. The number of carbonyl (C=O) groups is 2. The number of primary amides is 1. The highest BCUT2D eigenvalue weighted by molar-refractivity contribution is 7.17. The Morgan fingerprint density at radius 3 is 2.68 bits per heavy atom. The van der Waals surface area contributed by atoms with Crippen LogP contribution in [0.4, 0.5) is 5.00 Å². The number of hydrogen-bond donors (Lipinski definition) is 3. The molecular formula is C13H20N3O2S+. The van der Waals surface area contributed by atoms with Gasteiger partial charge in [0.15, 0.2) is 0 Å². The molecule has 0 radical (unpaired) electrons. The molecule has 0 saturated carbocycles. The van der Waals surface area contributed by atoms with Crippen LogP contribution in [0.1, 0.15) is 34.6 Å². The fourth-order valence-corrected chi connectivity index (χ4v) is 3.59. The first-order valence-electron chi connectivity index (χ1n) is 6.46. The van der Waals surface area contributed by atoms with Crippen molar-refractivity contribution in [3.63, 3.8) is 0 Å². The van der Waals surface area contributed by atoms with Gasteiger partial charge in [-0.1, -0.05) is 13.8 Å². The lowest BCUT2D eigenvalue weighted by molar-refractivity contribution is -0.895. The van der Waals surface area contributed by atoms with Gasteiger partial charge in [-0.05, 0) is 5.56 Å². The van der Waals surface area contributed by atoms with Crippen LogP contribution in [-0.2, 0) is 17.8 Å². The van der Waals surface area contributed by atoms with Crippen molar-refractivity contribution in [1.82, 2.24) is 0 Å². The van der Waals surface area contributed by atoms with E-state index in [1.165, 1.54) is 16.2 Å². The Morgan fingerprint density at radius 1 is 1.42 bits per heavy atom. The fourth-order valence-electron chi connectivity index (χ4n) is 2.23. The second kappa shape index (κ2) is 5.30. The van der Waals surface area contributed by atoms with Crippen LogP contribution in [0.25, 0.3) is 0 Å². The van der Waals surface area contributed by atoms with Crippen molar-refractivity contribution < 1.29 is 14.5 Å². The van der Waals surface area contributed by atoms with Crippen LogP contribution in [0.3, 0.4) is 0 Å². The summed E-state index contributed by atoms with van der Waals surface area (Å²) in [6.07, 6.45) is 0.841. The second-order valence-electron chi connectivity index (χ2n) is 5.35. The topological polar surface area (TPSA) is 76.6 Å². The lowest BCUT2D eigenvalue weighted by Gasteiger charge is -2.19. The fraction of sp³-hybridized carbons (Fsp3) is 0.538. The summed E-state index contributed by atoms with van der Waals surface area (Å²) in [5.74, 6) is -0.647. The molecule has 1 aliphatic rings. The van der Waals surface area contributed by atoms with E-state index >= 15 is 0 Å². The smallest absolute Gasteiger partial charge is 0.252 e. The number of thiophene rings is 1. The molecule has 0 saturated heterocycles. The predicted octanol–water partition coefficient (Wildman–Crippen LogP) is 0.0123. The summed E-state index contributed by atoms with van der Waals surface area (Å²) in [5.41, 5.74) is 7.02. The normalized spacial score (nSPS) is 18.2. The quantitative estimate of drug-likeness (QED) is 0.730. The van der Waals surface area contributed by atoms with E-state index in [1.807, 2.05) is 13.8 Å². The number of amides is 2. The number of likely N-dealkylation sites (N-methyl/N-ethyl adjacent to an activating group) is 1. The molecule has 2 amide bonds. The highest BCUT2D eigenvalue weighted by Crippen LogP contribution is 2.34. The molecule has 1 aromatic heterocycles. The zero-order valence-electron chi connectivity index (χ0n) is 11.5. The molecule has 1 unspecified atom stereocenters. The van der Waals surface area contributed by atoms with Gasteiger partial charge in [0.25, 0.3) is 5.91 Å². The van der Waals surface area contributed by atoms with Crippen LogP contribution in [-0.4, -0.2) is 25.4 Å². The average molecular weight is 282 g/mol. The van der Waals surface area contributed by atoms with Crippen molar-refractivity contribution in [2.75, 3.05) is 18.9 Å². The Morgan fingerprint density at radius 2 is 2.11 bits per heavy atom. The third-order valence-electron chi connectivity index (χ3n) is 3.36.